The lowest BCUT2D eigenvalue weighted by Gasteiger charge is -2.07. The molecule has 7 heteroatoms. The third-order valence-electron chi connectivity index (χ3n) is 2.78. The lowest BCUT2D eigenvalue weighted by Crippen LogP contribution is -2.22. The van der Waals surface area contributed by atoms with Crippen LogP contribution in [0.5, 0.6) is 0 Å². The molecule has 0 aliphatic rings. The van der Waals surface area contributed by atoms with Gasteiger partial charge in [0, 0.05) is 16.3 Å². The van der Waals surface area contributed by atoms with E-state index < -0.39 is 10.0 Å². The van der Waals surface area contributed by atoms with E-state index >= 15 is 0 Å². The van der Waals surface area contributed by atoms with Crippen LogP contribution in [-0.4, -0.2) is 8.42 Å². The Bertz CT molecular complexity index is 711. The van der Waals surface area contributed by atoms with Crippen LogP contribution in [0.1, 0.15) is 16.7 Å². The average Bonchev–Trinajstić information content (AvgIpc) is 2.87. The van der Waals surface area contributed by atoms with Gasteiger partial charge in [-0.15, -0.1) is 11.3 Å². The third-order valence-corrected chi connectivity index (χ3v) is 5.74. The van der Waals surface area contributed by atoms with Crippen molar-refractivity contribution >= 4 is 38.6 Å². The van der Waals surface area contributed by atoms with E-state index in [-0.39, 0.29) is 16.5 Å². The predicted octanol–water partition coefficient (Wildman–Crippen LogP) is 3.02. The smallest absolute Gasteiger partial charge is 0.240 e. The number of aryl methyl sites for hydroxylation is 1. The highest BCUT2D eigenvalue weighted by atomic mass is 35.5. The molecule has 0 saturated heterocycles. The Balaban J connectivity index is 2.12. The summed E-state index contributed by atoms with van der Waals surface area (Å²) in [7, 11) is -3.58. The number of halogens is 1. The Morgan fingerprint density at radius 1 is 1.25 bits per heavy atom. The second-order valence-corrected chi connectivity index (χ2v) is 7.66. The average molecular weight is 331 g/mol. The second-order valence-electron chi connectivity index (χ2n) is 4.23. The van der Waals surface area contributed by atoms with Crippen molar-refractivity contribution in [3.05, 3.63) is 45.1 Å². The topological polar surface area (TPSA) is 72.2 Å². The van der Waals surface area contributed by atoms with Crippen LogP contribution in [0.15, 0.2) is 35.2 Å². The van der Waals surface area contributed by atoms with Crippen LogP contribution in [-0.2, 0) is 23.0 Å². The SMILES string of the molecule is CCc1ccc(CNS(=O)(=O)c2ccc(N)c(Cl)c2)s1. The molecule has 0 aliphatic carbocycles. The molecule has 108 valence electrons. The normalized spacial score (nSPS) is 11.7. The van der Waals surface area contributed by atoms with Crippen LogP contribution >= 0.6 is 22.9 Å². The van der Waals surface area contributed by atoms with Gasteiger partial charge in [0.25, 0.3) is 0 Å². The first kappa shape index (κ1) is 15.3. The Morgan fingerprint density at radius 2 is 1.95 bits per heavy atom. The number of nitrogens with one attached hydrogen (secondary N) is 1. The number of hydrogen-bond acceptors (Lipinski definition) is 4. The molecule has 1 aromatic heterocycles. The molecular weight excluding hydrogens is 316 g/mol. The monoisotopic (exact) mass is 330 g/mol. The van der Waals surface area contributed by atoms with Gasteiger partial charge in [0.05, 0.1) is 15.6 Å². The van der Waals surface area contributed by atoms with Crippen LogP contribution < -0.4 is 10.5 Å². The molecule has 0 spiro atoms. The maximum Gasteiger partial charge on any atom is 0.240 e. The number of thiophene rings is 1. The highest BCUT2D eigenvalue weighted by Gasteiger charge is 2.15. The van der Waals surface area contributed by atoms with Crippen molar-refractivity contribution in [2.45, 2.75) is 24.8 Å². The predicted molar refractivity (Wildman–Crippen MR) is 83.6 cm³/mol. The fourth-order valence-electron chi connectivity index (χ4n) is 1.63. The molecule has 2 rings (SSSR count). The molecular formula is C13H15ClN2O2S2. The van der Waals surface area contributed by atoms with Crippen molar-refractivity contribution in [2.24, 2.45) is 0 Å². The fraction of sp³-hybridized carbons (Fsp3) is 0.231. The molecule has 4 nitrogen and oxygen atoms in total. The van der Waals surface area contributed by atoms with Gasteiger partial charge in [0.15, 0.2) is 0 Å². The molecule has 2 aromatic rings. The molecule has 0 saturated carbocycles. The van der Waals surface area contributed by atoms with E-state index in [0.29, 0.717) is 5.69 Å². The minimum absolute atomic E-state index is 0.115. The Hall–Kier alpha value is -1.08. The minimum Gasteiger partial charge on any atom is -0.398 e. The van der Waals surface area contributed by atoms with Crippen molar-refractivity contribution in [1.82, 2.24) is 4.72 Å². The highest BCUT2D eigenvalue weighted by molar-refractivity contribution is 7.89. The van der Waals surface area contributed by atoms with Crippen LogP contribution in [0.4, 0.5) is 5.69 Å². The minimum atomic E-state index is -3.58. The van der Waals surface area contributed by atoms with Gasteiger partial charge in [-0.3, -0.25) is 0 Å². The largest absolute Gasteiger partial charge is 0.398 e. The Labute approximate surface area is 127 Å². The highest BCUT2D eigenvalue weighted by Crippen LogP contribution is 2.23. The van der Waals surface area contributed by atoms with Gasteiger partial charge < -0.3 is 5.73 Å². The first-order valence-corrected chi connectivity index (χ1v) is 8.72. The van der Waals surface area contributed by atoms with Crippen molar-refractivity contribution in [3.63, 3.8) is 0 Å². The van der Waals surface area contributed by atoms with Gasteiger partial charge in [-0.25, -0.2) is 13.1 Å². The van der Waals surface area contributed by atoms with Crippen molar-refractivity contribution in [3.8, 4) is 0 Å². The third kappa shape index (κ3) is 3.52. The summed E-state index contributed by atoms with van der Waals surface area (Å²) in [6.45, 7) is 2.34. The zero-order valence-electron chi connectivity index (χ0n) is 10.9. The van der Waals surface area contributed by atoms with Crippen LogP contribution in [0, 0.1) is 0 Å². The second kappa shape index (κ2) is 6.13. The van der Waals surface area contributed by atoms with Crippen molar-refractivity contribution in [2.75, 3.05) is 5.73 Å². The molecule has 0 atom stereocenters. The first-order valence-electron chi connectivity index (χ1n) is 6.04. The van der Waals surface area contributed by atoms with Gasteiger partial charge in [-0.2, -0.15) is 0 Å². The quantitative estimate of drug-likeness (QED) is 0.828. The maximum absolute atomic E-state index is 12.1. The number of sulfonamides is 1. The molecule has 0 bridgehead atoms. The van der Waals surface area contributed by atoms with E-state index in [1.54, 1.807) is 11.3 Å². The van der Waals surface area contributed by atoms with E-state index in [9.17, 15) is 8.42 Å². The van der Waals surface area contributed by atoms with Gasteiger partial charge in [-0.1, -0.05) is 18.5 Å². The number of hydrogen-bond donors (Lipinski definition) is 2. The van der Waals surface area contributed by atoms with Crippen molar-refractivity contribution < 1.29 is 8.42 Å². The summed E-state index contributed by atoms with van der Waals surface area (Å²) < 4.78 is 26.8. The van der Waals surface area contributed by atoms with Gasteiger partial charge in [0.2, 0.25) is 10.0 Å². The fourth-order valence-corrected chi connectivity index (χ4v) is 3.90. The number of nitrogens with two attached hydrogens (primary N) is 1. The summed E-state index contributed by atoms with van der Waals surface area (Å²) in [5, 5.41) is 0.234. The van der Waals surface area contributed by atoms with E-state index in [4.69, 9.17) is 17.3 Å². The summed E-state index contributed by atoms with van der Waals surface area (Å²) >= 11 is 7.45. The molecule has 1 aromatic carbocycles. The summed E-state index contributed by atoms with van der Waals surface area (Å²) in [6, 6.07) is 8.22. The zero-order chi connectivity index (χ0) is 14.8. The van der Waals surface area contributed by atoms with Crippen molar-refractivity contribution in [1.29, 1.82) is 0 Å². The number of rotatable bonds is 5. The molecule has 0 aliphatic heterocycles. The molecule has 0 fully saturated rings. The van der Waals surface area contributed by atoms with Gasteiger partial charge in [0.1, 0.15) is 0 Å². The molecule has 0 radical (unpaired) electrons. The van der Waals surface area contributed by atoms with Gasteiger partial charge in [-0.05, 0) is 36.8 Å². The molecule has 3 N–H and O–H groups in total. The van der Waals surface area contributed by atoms with Crippen LogP contribution in [0.2, 0.25) is 5.02 Å². The first-order chi connectivity index (χ1) is 9.42. The maximum atomic E-state index is 12.1. The lowest BCUT2D eigenvalue weighted by atomic mass is 10.3. The standard InChI is InChI=1S/C13H15ClN2O2S2/c1-2-9-3-4-10(19-9)8-16-20(17,18)11-5-6-13(15)12(14)7-11/h3-7,16H,2,8,15H2,1H3. The molecule has 0 unspecified atom stereocenters. The molecule has 0 amide bonds. The summed E-state index contributed by atoms with van der Waals surface area (Å²) in [6.07, 6.45) is 0.949. The zero-order valence-corrected chi connectivity index (χ0v) is 13.3. The summed E-state index contributed by atoms with van der Waals surface area (Å²) in [5.74, 6) is 0. The molecule has 1 heterocycles. The van der Waals surface area contributed by atoms with Crippen LogP contribution in [0.3, 0.4) is 0 Å². The van der Waals surface area contributed by atoms with E-state index in [1.807, 2.05) is 12.1 Å². The Morgan fingerprint density at radius 3 is 2.55 bits per heavy atom. The number of anilines is 1. The van der Waals surface area contributed by atoms with Gasteiger partial charge >= 0.3 is 0 Å². The van der Waals surface area contributed by atoms with E-state index in [1.165, 1.54) is 23.1 Å². The van der Waals surface area contributed by atoms with E-state index in [0.717, 1.165) is 11.3 Å². The summed E-state index contributed by atoms with van der Waals surface area (Å²) in [4.78, 5) is 2.32. The summed E-state index contributed by atoms with van der Waals surface area (Å²) in [5.41, 5.74) is 5.93. The number of benzene rings is 1. The van der Waals surface area contributed by atoms with E-state index in [2.05, 4.69) is 11.6 Å². The lowest BCUT2D eigenvalue weighted by molar-refractivity contribution is 0.582. The number of nitrogen functional groups attached to an aromatic ring is 1. The molecule has 20 heavy (non-hydrogen) atoms. The van der Waals surface area contributed by atoms with Crippen LogP contribution in [0.25, 0.3) is 0 Å². The Kier molecular flexibility index (Phi) is 4.70.